The van der Waals surface area contributed by atoms with Crippen molar-refractivity contribution in [2.45, 2.75) is 4.90 Å². The molecule has 28 heavy (non-hydrogen) atoms. The Kier molecular flexibility index (Phi) is 5.26. The third-order valence-corrected chi connectivity index (χ3v) is 5.62. The Balaban J connectivity index is 2.04. The van der Waals surface area contributed by atoms with Crippen LogP contribution in [0.15, 0.2) is 80.9 Å². The van der Waals surface area contributed by atoms with Crippen molar-refractivity contribution in [3.8, 4) is 17.1 Å². The van der Waals surface area contributed by atoms with Crippen molar-refractivity contribution >= 4 is 41.4 Å². The summed E-state index contributed by atoms with van der Waals surface area (Å²) in [6, 6.07) is 16.1. The molecule has 140 valence electrons. The Morgan fingerprint density at radius 2 is 1.79 bits per heavy atom. The first kappa shape index (κ1) is 18.8. The lowest BCUT2D eigenvalue weighted by Crippen LogP contribution is -2.11. The van der Waals surface area contributed by atoms with Gasteiger partial charge >= 0.3 is 0 Å². The minimum Gasteiger partial charge on any atom is -0.463 e. The monoisotopic (exact) mass is 427 g/mol. The van der Waals surface area contributed by atoms with Gasteiger partial charge in [0.2, 0.25) is 5.78 Å². The Hall–Kier alpha value is -2.54. The van der Waals surface area contributed by atoms with Gasteiger partial charge in [-0.1, -0.05) is 23.8 Å². The van der Waals surface area contributed by atoms with E-state index < -0.39 is 0 Å². The van der Waals surface area contributed by atoms with Crippen molar-refractivity contribution in [2.24, 2.45) is 0 Å². The zero-order chi connectivity index (χ0) is 19.7. The molecule has 3 heterocycles. The number of benzene rings is 1. The minimum atomic E-state index is -0.256. The van der Waals surface area contributed by atoms with Crippen LogP contribution in [0.2, 0.25) is 5.02 Å². The zero-order valence-electron chi connectivity index (χ0n) is 14.7. The first-order valence-electron chi connectivity index (χ1n) is 8.32. The Morgan fingerprint density at radius 3 is 2.39 bits per heavy atom. The summed E-state index contributed by atoms with van der Waals surface area (Å²) in [4.78, 5) is 13.9. The molecule has 0 saturated carbocycles. The Morgan fingerprint density at radius 1 is 1.07 bits per heavy atom. The number of aromatic nitrogens is 1. The summed E-state index contributed by atoms with van der Waals surface area (Å²) in [5.74, 6) is 0.635. The van der Waals surface area contributed by atoms with E-state index in [4.69, 9.17) is 32.7 Å². The maximum atomic E-state index is 13.1. The Bertz CT molecular complexity index is 1180. The van der Waals surface area contributed by atoms with Gasteiger partial charge in [0.25, 0.3) is 0 Å². The third kappa shape index (κ3) is 3.35. The van der Waals surface area contributed by atoms with Crippen LogP contribution in [0.4, 0.5) is 0 Å². The van der Waals surface area contributed by atoms with Gasteiger partial charge in [-0.05, 0) is 60.9 Å². The number of ketones is 1. The molecule has 0 unspecified atom stereocenters. The highest BCUT2D eigenvalue weighted by Gasteiger charge is 2.23. The van der Waals surface area contributed by atoms with Gasteiger partial charge in [0.1, 0.15) is 4.64 Å². The van der Waals surface area contributed by atoms with Crippen LogP contribution in [-0.2, 0) is 0 Å². The van der Waals surface area contributed by atoms with Gasteiger partial charge in [0.05, 0.1) is 23.8 Å². The number of furan rings is 2. The summed E-state index contributed by atoms with van der Waals surface area (Å²) in [5, 5.41) is 0.613. The average Bonchev–Trinajstić information content (AvgIpc) is 3.41. The van der Waals surface area contributed by atoms with E-state index in [9.17, 15) is 4.79 Å². The van der Waals surface area contributed by atoms with Crippen molar-refractivity contribution in [2.75, 3.05) is 6.26 Å². The number of thioether (sulfide) groups is 1. The largest absolute Gasteiger partial charge is 0.463 e. The molecule has 1 aromatic carbocycles. The fraction of sp³-hybridized carbons (Fsp3) is 0.0476. The minimum absolute atomic E-state index is 0.245. The van der Waals surface area contributed by atoms with Crippen LogP contribution in [0.3, 0.4) is 0 Å². The summed E-state index contributed by atoms with van der Waals surface area (Å²) in [7, 11) is 0. The van der Waals surface area contributed by atoms with Crippen molar-refractivity contribution in [1.82, 2.24) is 4.57 Å². The van der Waals surface area contributed by atoms with E-state index in [1.165, 1.54) is 18.0 Å². The number of hydrogen-bond donors (Lipinski definition) is 0. The number of halogens is 1. The molecule has 0 fully saturated rings. The molecule has 0 aliphatic heterocycles. The molecule has 7 heteroatoms. The number of hydrogen-bond acceptors (Lipinski definition) is 5. The molecule has 0 N–H and O–H groups in total. The van der Waals surface area contributed by atoms with Crippen LogP contribution in [0.25, 0.3) is 17.1 Å². The Labute approximate surface area is 175 Å². The highest BCUT2D eigenvalue weighted by Crippen LogP contribution is 2.33. The number of carbonyl (C=O) groups excluding carboxylic acids is 1. The van der Waals surface area contributed by atoms with E-state index in [2.05, 4.69) is 0 Å². The van der Waals surface area contributed by atoms with E-state index in [0.29, 0.717) is 21.0 Å². The summed E-state index contributed by atoms with van der Waals surface area (Å²) in [6.07, 6.45) is 4.98. The molecule has 0 saturated heterocycles. The summed E-state index contributed by atoms with van der Waals surface area (Å²) >= 11 is 13.3. The van der Waals surface area contributed by atoms with Crippen LogP contribution < -0.4 is 0 Å². The lowest BCUT2D eigenvalue weighted by atomic mass is 10.1. The number of carbonyl (C=O) groups is 1. The zero-order valence-corrected chi connectivity index (χ0v) is 17.1. The third-order valence-electron chi connectivity index (χ3n) is 4.22. The smallest absolute Gasteiger partial charge is 0.232 e. The topological polar surface area (TPSA) is 48.3 Å². The maximum Gasteiger partial charge on any atom is 0.232 e. The molecule has 0 radical (unpaired) electrons. The summed E-state index contributed by atoms with van der Waals surface area (Å²) in [6.45, 7) is 0. The molecule has 0 amide bonds. The molecule has 0 spiro atoms. The SMILES string of the molecule is CSc1cc(-c2ccco2)n(-c2ccc(Cl)cc2)c(=S)c1C(=O)c1ccco1. The van der Waals surface area contributed by atoms with Crippen LogP contribution in [0.5, 0.6) is 0 Å². The van der Waals surface area contributed by atoms with E-state index >= 15 is 0 Å². The van der Waals surface area contributed by atoms with Gasteiger partial charge in [-0.15, -0.1) is 11.8 Å². The molecule has 4 nitrogen and oxygen atoms in total. The maximum absolute atomic E-state index is 13.1. The van der Waals surface area contributed by atoms with Crippen molar-refractivity contribution in [3.63, 3.8) is 0 Å². The van der Waals surface area contributed by atoms with Crippen molar-refractivity contribution in [1.29, 1.82) is 0 Å². The molecule has 3 aromatic heterocycles. The van der Waals surface area contributed by atoms with E-state index in [0.717, 1.165) is 16.3 Å². The normalized spacial score (nSPS) is 10.9. The number of rotatable bonds is 5. The average molecular weight is 428 g/mol. The first-order valence-corrected chi connectivity index (χ1v) is 10.3. The van der Waals surface area contributed by atoms with Gasteiger partial charge in [-0.3, -0.25) is 9.36 Å². The predicted molar refractivity (Wildman–Crippen MR) is 113 cm³/mol. The molecular weight excluding hydrogens is 414 g/mol. The first-order chi connectivity index (χ1) is 13.6. The summed E-state index contributed by atoms with van der Waals surface area (Å²) in [5.41, 5.74) is 1.95. The fourth-order valence-corrected chi connectivity index (χ4v) is 4.16. The van der Waals surface area contributed by atoms with Crippen LogP contribution >= 0.6 is 35.6 Å². The highest BCUT2D eigenvalue weighted by atomic mass is 35.5. The van der Waals surface area contributed by atoms with E-state index in [-0.39, 0.29) is 11.5 Å². The molecule has 4 rings (SSSR count). The molecular formula is C21H14ClNO3S2. The fourth-order valence-electron chi connectivity index (χ4n) is 2.94. The van der Waals surface area contributed by atoms with Gasteiger partial charge in [-0.2, -0.15) is 0 Å². The van der Waals surface area contributed by atoms with Gasteiger partial charge < -0.3 is 8.83 Å². The molecule has 0 atom stereocenters. The standard InChI is InChI=1S/C21H14ClNO3S2/c1-28-18-12-15(16-4-2-10-25-16)23(14-8-6-13(22)7-9-14)21(27)19(18)20(24)17-5-3-11-26-17/h2-12H,1H3. The lowest BCUT2D eigenvalue weighted by Gasteiger charge is -2.17. The second-order valence-corrected chi connectivity index (χ2v) is 7.54. The molecule has 0 bridgehead atoms. The number of pyridine rings is 1. The summed E-state index contributed by atoms with van der Waals surface area (Å²) < 4.78 is 13.1. The van der Waals surface area contributed by atoms with Gasteiger partial charge in [-0.25, -0.2) is 0 Å². The number of nitrogens with zero attached hydrogens (tertiary/aromatic N) is 1. The van der Waals surface area contributed by atoms with Crippen molar-refractivity contribution < 1.29 is 13.6 Å². The second kappa shape index (κ2) is 7.83. The van der Waals surface area contributed by atoms with E-state index in [1.54, 1.807) is 30.5 Å². The van der Waals surface area contributed by atoms with Crippen LogP contribution in [0.1, 0.15) is 16.1 Å². The van der Waals surface area contributed by atoms with Crippen molar-refractivity contribution in [3.05, 3.63) is 88.1 Å². The molecule has 0 aliphatic carbocycles. The lowest BCUT2D eigenvalue weighted by molar-refractivity contribution is 0.100. The quantitative estimate of drug-likeness (QED) is 0.202. The molecule has 0 aliphatic rings. The van der Waals surface area contributed by atoms with Gasteiger partial charge in [0.15, 0.2) is 11.5 Å². The highest BCUT2D eigenvalue weighted by molar-refractivity contribution is 7.98. The van der Waals surface area contributed by atoms with Crippen LogP contribution in [0, 0.1) is 4.64 Å². The van der Waals surface area contributed by atoms with E-state index in [1.807, 2.05) is 41.2 Å². The second-order valence-electron chi connectivity index (χ2n) is 5.87. The molecule has 4 aromatic rings. The predicted octanol–water partition coefficient (Wildman–Crippen LogP) is 6.67. The van der Waals surface area contributed by atoms with Crippen LogP contribution in [-0.4, -0.2) is 16.6 Å². The van der Waals surface area contributed by atoms with Gasteiger partial charge in [0, 0.05) is 15.6 Å².